The van der Waals surface area contributed by atoms with E-state index in [9.17, 15) is 9.90 Å². The van der Waals surface area contributed by atoms with Gasteiger partial charge >= 0.3 is 23.9 Å². The Labute approximate surface area is 258 Å². The normalized spacial score (nSPS) is 13.7. The van der Waals surface area contributed by atoms with Crippen LogP contribution in [0.4, 0.5) is 5.69 Å². The minimum atomic E-state index is -1.82. The zero-order valence-corrected chi connectivity index (χ0v) is 24.7. The predicted octanol–water partition coefficient (Wildman–Crippen LogP) is 1.31. The Morgan fingerprint density at radius 3 is 2.04 bits per heavy atom. The van der Waals surface area contributed by atoms with E-state index in [0.29, 0.717) is 19.1 Å². The van der Waals surface area contributed by atoms with E-state index in [1.54, 1.807) is 18.2 Å². The first-order chi connectivity index (χ1) is 21.3. The molecular weight excluding hydrogens is 592 g/mol. The van der Waals surface area contributed by atoms with Crippen molar-refractivity contribution in [3.05, 3.63) is 66.4 Å². The van der Waals surface area contributed by atoms with E-state index >= 15 is 0 Å². The topological polar surface area (TPSA) is 227 Å². The number of likely N-dealkylation sites (N-methyl/N-ethyl adjacent to an activating group) is 1. The highest BCUT2D eigenvalue weighted by atomic mass is 16.5. The number of nitrogens with zero attached hydrogens (tertiary/aromatic N) is 3. The van der Waals surface area contributed by atoms with Crippen LogP contribution in [-0.4, -0.2) is 112 Å². The van der Waals surface area contributed by atoms with E-state index in [2.05, 4.69) is 15.2 Å². The molecule has 45 heavy (non-hydrogen) atoms. The molecule has 1 aliphatic heterocycles. The fraction of sp³-hybridized carbons (Fsp3) is 0.333. The summed E-state index contributed by atoms with van der Waals surface area (Å²) in [4.78, 5) is 57.3. The van der Waals surface area contributed by atoms with Gasteiger partial charge in [-0.25, -0.2) is 19.2 Å². The number of aliphatic carboxylic acids is 4. The maximum Gasteiger partial charge on any atom is 0.414 e. The Balaban J connectivity index is 0.000000499. The van der Waals surface area contributed by atoms with Gasteiger partial charge in [-0.05, 0) is 67.9 Å². The summed E-state index contributed by atoms with van der Waals surface area (Å²) in [5, 5.41) is 44.9. The number of benzene rings is 2. The lowest BCUT2D eigenvalue weighted by molar-refractivity contribution is -0.159. The molecule has 2 aromatic carbocycles. The summed E-state index contributed by atoms with van der Waals surface area (Å²) in [6.45, 7) is 2.65. The Bertz CT molecular complexity index is 1410. The quantitative estimate of drug-likeness (QED) is 0.193. The number of β-amino-alcohol motifs (C(OH)–C–C–N with tert-alkyl or cyclic N) is 1. The molecular formula is C30H36N4O11. The zero-order valence-electron chi connectivity index (χ0n) is 24.7. The summed E-state index contributed by atoms with van der Waals surface area (Å²) in [5.41, 5.74) is 2.61. The molecule has 1 fully saturated rings. The number of fused-ring (bicyclic) bond motifs is 1. The minimum Gasteiger partial charge on any atom is -0.497 e. The monoisotopic (exact) mass is 628 g/mol. The summed E-state index contributed by atoms with van der Waals surface area (Å²) in [6, 6.07) is 17.6. The van der Waals surface area contributed by atoms with Crippen molar-refractivity contribution in [2.75, 3.05) is 45.2 Å². The molecule has 1 aromatic heterocycles. The number of amides is 1. The largest absolute Gasteiger partial charge is 0.497 e. The number of carboxylic acids is 4. The van der Waals surface area contributed by atoms with Gasteiger partial charge in [-0.1, -0.05) is 18.2 Å². The van der Waals surface area contributed by atoms with Crippen molar-refractivity contribution in [2.45, 2.75) is 25.0 Å². The van der Waals surface area contributed by atoms with Gasteiger partial charge in [0.05, 0.1) is 25.3 Å². The first kappa shape index (κ1) is 36.1. The molecule has 0 saturated carbocycles. The molecule has 242 valence electrons. The maximum absolute atomic E-state index is 12.5. The van der Waals surface area contributed by atoms with Gasteiger partial charge in [0, 0.05) is 36.9 Å². The number of carboxylic acid groups (broad SMARTS) is 4. The van der Waals surface area contributed by atoms with Crippen LogP contribution in [0.5, 0.6) is 5.75 Å². The summed E-state index contributed by atoms with van der Waals surface area (Å²) in [7, 11) is 3.45. The summed E-state index contributed by atoms with van der Waals surface area (Å²) in [5.74, 6) is -6.49. The summed E-state index contributed by atoms with van der Waals surface area (Å²) < 4.78 is 5.34. The van der Waals surface area contributed by atoms with Crippen molar-refractivity contribution in [2.24, 2.45) is 0 Å². The number of aliphatic hydroxyl groups is 1. The van der Waals surface area contributed by atoms with Crippen LogP contribution in [0.25, 0.3) is 10.9 Å². The number of hydrogen-bond acceptors (Lipinski definition) is 10. The molecule has 0 bridgehead atoms. The second-order valence-corrected chi connectivity index (χ2v) is 9.76. The van der Waals surface area contributed by atoms with E-state index < -0.39 is 30.0 Å². The van der Waals surface area contributed by atoms with Crippen LogP contribution < -0.4 is 15.0 Å². The van der Waals surface area contributed by atoms with Crippen molar-refractivity contribution < 1.29 is 54.2 Å². The fourth-order valence-electron chi connectivity index (χ4n) is 4.37. The van der Waals surface area contributed by atoms with E-state index in [0.717, 1.165) is 53.8 Å². The Morgan fingerprint density at radius 1 is 0.933 bits per heavy atom. The number of ether oxygens (including phenoxy) is 1. The molecule has 2 heterocycles. The van der Waals surface area contributed by atoms with E-state index in [1.807, 2.05) is 61.6 Å². The Kier molecular flexibility index (Phi) is 14.3. The lowest BCUT2D eigenvalue weighted by Gasteiger charge is -2.34. The average Bonchev–Trinajstić information content (AvgIpc) is 3.04. The van der Waals surface area contributed by atoms with Crippen LogP contribution in [0, 0.1) is 0 Å². The van der Waals surface area contributed by atoms with Crippen LogP contribution in [-0.2, 0) is 24.0 Å². The van der Waals surface area contributed by atoms with E-state index in [-0.39, 0.29) is 5.91 Å². The lowest BCUT2D eigenvalue weighted by atomic mass is 10.0. The van der Waals surface area contributed by atoms with Crippen LogP contribution in [0.15, 0.2) is 60.8 Å². The summed E-state index contributed by atoms with van der Waals surface area (Å²) >= 11 is 0. The maximum atomic E-state index is 12.5. The number of pyridine rings is 1. The number of aliphatic hydroxyl groups excluding tert-OH is 1. The SMILES string of the molecule is COc1ccc2nccc([C@@H](O)CN3CCC(NCC(=O)N(C)c4ccccc4)CC3)c2c1.O=C(O)C(=O)O.O=C(O)C(=O)O. The van der Waals surface area contributed by atoms with Gasteiger partial charge in [-0.15, -0.1) is 0 Å². The molecule has 0 unspecified atom stereocenters. The number of carbonyl (C=O) groups is 5. The average molecular weight is 629 g/mol. The van der Waals surface area contributed by atoms with Crippen LogP contribution in [0.3, 0.4) is 0 Å². The molecule has 15 heteroatoms. The van der Waals surface area contributed by atoms with Crippen molar-refractivity contribution in [3.8, 4) is 5.75 Å². The molecule has 6 N–H and O–H groups in total. The highest BCUT2D eigenvalue weighted by molar-refractivity contribution is 6.27. The van der Waals surface area contributed by atoms with Gasteiger partial charge in [-0.2, -0.15) is 0 Å². The van der Waals surface area contributed by atoms with Crippen molar-refractivity contribution in [1.29, 1.82) is 0 Å². The highest BCUT2D eigenvalue weighted by Gasteiger charge is 2.23. The van der Waals surface area contributed by atoms with Gasteiger partial charge in [-0.3, -0.25) is 9.78 Å². The van der Waals surface area contributed by atoms with E-state index in [1.165, 1.54) is 0 Å². The first-order valence-electron chi connectivity index (χ1n) is 13.6. The molecule has 15 nitrogen and oxygen atoms in total. The minimum absolute atomic E-state index is 0.0547. The number of para-hydroxylation sites is 1. The number of carbonyl (C=O) groups excluding carboxylic acids is 1. The molecule has 0 spiro atoms. The van der Waals surface area contributed by atoms with Crippen molar-refractivity contribution in [3.63, 3.8) is 0 Å². The third-order valence-electron chi connectivity index (χ3n) is 6.79. The number of likely N-dealkylation sites (tertiary alicyclic amines) is 1. The van der Waals surface area contributed by atoms with Gasteiger partial charge in [0.25, 0.3) is 0 Å². The second-order valence-electron chi connectivity index (χ2n) is 9.76. The second kappa shape index (κ2) is 17.9. The third kappa shape index (κ3) is 11.8. The Morgan fingerprint density at radius 2 is 1.51 bits per heavy atom. The van der Waals surface area contributed by atoms with Crippen LogP contribution in [0.2, 0.25) is 0 Å². The summed E-state index contributed by atoms with van der Waals surface area (Å²) in [6.07, 6.45) is 3.03. The fourth-order valence-corrected chi connectivity index (χ4v) is 4.37. The number of nitrogens with one attached hydrogen (secondary N) is 1. The zero-order chi connectivity index (χ0) is 33.5. The molecule has 1 saturated heterocycles. The lowest BCUT2D eigenvalue weighted by Crippen LogP contribution is -2.46. The standard InChI is InChI=1S/C26H32N4O3.2C2H2O4/c1-29(20-6-4-3-5-7-20)26(32)17-28-19-11-14-30(15-12-19)18-25(31)22-10-13-27-24-9-8-21(33-2)16-23(22)24;2*3-1(4)2(5)6/h3-10,13,16,19,25,28,31H,11-12,14-15,17-18H2,1-2H3;2*(H,3,4)(H,5,6)/t25-;;/m0../s1. The molecule has 0 aliphatic carbocycles. The van der Waals surface area contributed by atoms with Crippen LogP contribution in [0.1, 0.15) is 24.5 Å². The molecule has 0 radical (unpaired) electrons. The number of aromatic nitrogens is 1. The van der Waals surface area contributed by atoms with Crippen LogP contribution >= 0.6 is 0 Å². The molecule has 4 rings (SSSR count). The first-order valence-corrected chi connectivity index (χ1v) is 13.6. The number of methoxy groups -OCH3 is 1. The predicted molar refractivity (Wildman–Crippen MR) is 161 cm³/mol. The van der Waals surface area contributed by atoms with Crippen molar-refractivity contribution in [1.82, 2.24) is 15.2 Å². The number of anilines is 1. The highest BCUT2D eigenvalue weighted by Crippen LogP contribution is 2.27. The molecule has 1 aliphatic rings. The van der Waals surface area contributed by atoms with Gasteiger partial charge in [0.1, 0.15) is 5.75 Å². The van der Waals surface area contributed by atoms with Gasteiger partial charge in [0.2, 0.25) is 5.91 Å². The molecule has 3 aromatic rings. The Hall–Kier alpha value is -5.12. The molecule has 1 atom stereocenters. The van der Waals surface area contributed by atoms with Gasteiger partial charge in [0.15, 0.2) is 0 Å². The third-order valence-corrected chi connectivity index (χ3v) is 6.79. The number of piperidine rings is 1. The van der Waals surface area contributed by atoms with Gasteiger partial charge < -0.3 is 45.4 Å². The number of hydrogen-bond donors (Lipinski definition) is 6. The number of rotatable bonds is 8. The van der Waals surface area contributed by atoms with E-state index in [4.69, 9.17) is 44.3 Å². The smallest absolute Gasteiger partial charge is 0.414 e. The van der Waals surface area contributed by atoms with Crippen molar-refractivity contribution >= 4 is 46.4 Å². The molecule has 1 amide bonds.